The minimum atomic E-state index is 0.536. The van der Waals surface area contributed by atoms with Gasteiger partial charge in [-0.15, -0.1) is 0 Å². The molecule has 26 heavy (non-hydrogen) atoms. The number of unbranched alkanes of at least 4 members (excludes halogenated alkanes) is 1. The molecule has 1 aliphatic rings. The van der Waals surface area contributed by atoms with Crippen molar-refractivity contribution in [1.29, 1.82) is 0 Å². The standard InChI is InChI=1S/C15H30.C7H16.C4H10/c1-6-12(2)10-13-8-7-9-14(11-13)15(3,4)5;1-4-5-6-7(2)3;1-4(2)3/h12-14H,6-11H2,1-5H3;7H,4-6H2,1-3H3;4H,1-3H3. The van der Waals surface area contributed by atoms with Gasteiger partial charge in [0, 0.05) is 0 Å². The van der Waals surface area contributed by atoms with Crippen LogP contribution in [0.4, 0.5) is 0 Å². The summed E-state index contributed by atoms with van der Waals surface area (Å²) in [7, 11) is 0. The maximum Gasteiger partial charge on any atom is -0.0354 e. The molecule has 0 nitrogen and oxygen atoms in total. The van der Waals surface area contributed by atoms with Crippen LogP contribution in [-0.2, 0) is 0 Å². The SMILES string of the molecule is CC(C)C.CCC(C)CC1CCCC(C(C)(C)C)C1.CCCCC(C)C. The van der Waals surface area contributed by atoms with Gasteiger partial charge in [0.15, 0.2) is 0 Å². The number of rotatable bonds is 6. The molecule has 0 amide bonds. The monoisotopic (exact) mass is 368 g/mol. The molecule has 1 aliphatic carbocycles. The second kappa shape index (κ2) is 16.0. The van der Waals surface area contributed by atoms with Crippen LogP contribution in [0.2, 0.25) is 0 Å². The Bertz CT molecular complexity index is 278. The van der Waals surface area contributed by atoms with Crippen molar-refractivity contribution < 1.29 is 0 Å². The van der Waals surface area contributed by atoms with Crippen molar-refractivity contribution in [3.05, 3.63) is 0 Å². The Morgan fingerprint density at radius 3 is 1.77 bits per heavy atom. The van der Waals surface area contributed by atoms with Crippen molar-refractivity contribution in [2.24, 2.45) is 35.0 Å². The van der Waals surface area contributed by atoms with E-state index >= 15 is 0 Å². The Hall–Kier alpha value is 0. The molecule has 0 saturated heterocycles. The van der Waals surface area contributed by atoms with Crippen molar-refractivity contribution >= 4 is 0 Å². The molecule has 0 aromatic carbocycles. The van der Waals surface area contributed by atoms with Gasteiger partial charge in [-0.3, -0.25) is 0 Å². The van der Waals surface area contributed by atoms with Crippen molar-refractivity contribution in [3.63, 3.8) is 0 Å². The van der Waals surface area contributed by atoms with E-state index in [9.17, 15) is 0 Å². The highest BCUT2D eigenvalue weighted by atomic mass is 14.4. The van der Waals surface area contributed by atoms with Crippen LogP contribution in [0.15, 0.2) is 0 Å². The van der Waals surface area contributed by atoms with Gasteiger partial charge in [-0.2, -0.15) is 0 Å². The van der Waals surface area contributed by atoms with E-state index in [0.29, 0.717) is 5.41 Å². The Kier molecular flexibility index (Phi) is 17.4. The largest absolute Gasteiger partial charge is 0.0654 e. The first-order valence-electron chi connectivity index (χ1n) is 11.9. The quantitative estimate of drug-likeness (QED) is 0.437. The van der Waals surface area contributed by atoms with Gasteiger partial charge in [0.2, 0.25) is 0 Å². The molecule has 1 rings (SSSR count). The molecule has 0 heteroatoms. The molecule has 3 atom stereocenters. The van der Waals surface area contributed by atoms with Gasteiger partial charge >= 0.3 is 0 Å². The van der Waals surface area contributed by atoms with Crippen LogP contribution in [0, 0.1) is 35.0 Å². The van der Waals surface area contributed by atoms with Gasteiger partial charge in [-0.25, -0.2) is 0 Å². The third-order valence-corrected chi connectivity index (χ3v) is 5.58. The Morgan fingerprint density at radius 1 is 0.885 bits per heavy atom. The van der Waals surface area contributed by atoms with E-state index in [1.807, 2.05) is 0 Å². The summed E-state index contributed by atoms with van der Waals surface area (Å²) in [6, 6.07) is 0. The topological polar surface area (TPSA) is 0 Å². The molecule has 3 unspecified atom stereocenters. The fourth-order valence-corrected chi connectivity index (χ4v) is 3.64. The average molecular weight is 369 g/mol. The van der Waals surface area contributed by atoms with Gasteiger partial charge in [-0.1, -0.05) is 115 Å². The lowest BCUT2D eigenvalue weighted by Gasteiger charge is -2.38. The number of hydrogen-bond donors (Lipinski definition) is 0. The van der Waals surface area contributed by atoms with Crippen molar-refractivity contribution in [2.45, 2.75) is 134 Å². The summed E-state index contributed by atoms with van der Waals surface area (Å²) in [4.78, 5) is 0. The van der Waals surface area contributed by atoms with Gasteiger partial charge in [-0.05, 0) is 54.3 Å². The number of hydrogen-bond acceptors (Lipinski definition) is 0. The summed E-state index contributed by atoms with van der Waals surface area (Å²) in [5.74, 6) is 4.67. The third-order valence-electron chi connectivity index (χ3n) is 5.58. The van der Waals surface area contributed by atoms with E-state index in [4.69, 9.17) is 0 Å². The van der Waals surface area contributed by atoms with Crippen molar-refractivity contribution in [3.8, 4) is 0 Å². The van der Waals surface area contributed by atoms with E-state index in [1.54, 1.807) is 0 Å². The zero-order valence-corrected chi connectivity index (χ0v) is 20.8. The lowest BCUT2D eigenvalue weighted by Crippen LogP contribution is -2.27. The first-order chi connectivity index (χ1) is 11.9. The second-order valence-electron chi connectivity index (χ2n) is 11.1. The zero-order chi connectivity index (χ0) is 20.8. The maximum atomic E-state index is 2.42. The summed E-state index contributed by atoms with van der Waals surface area (Å²) in [6.45, 7) is 25.3. The Balaban J connectivity index is 0. The maximum absolute atomic E-state index is 2.42. The predicted octanol–water partition coefficient (Wildman–Crippen LogP) is 9.77. The van der Waals surface area contributed by atoms with Crippen molar-refractivity contribution in [2.75, 3.05) is 0 Å². The predicted molar refractivity (Wildman–Crippen MR) is 124 cm³/mol. The first kappa shape index (κ1) is 28.2. The summed E-state index contributed by atoms with van der Waals surface area (Å²) in [5, 5.41) is 0. The molecule has 0 radical (unpaired) electrons. The Morgan fingerprint density at radius 2 is 1.42 bits per heavy atom. The summed E-state index contributed by atoms with van der Waals surface area (Å²) in [6.07, 6.45) is 12.9. The molecule has 0 aromatic rings. The van der Waals surface area contributed by atoms with Gasteiger partial charge in [0.05, 0.1) is 0 Å². The lowest BCUT2D eigenvalue weighted by molar-refractivity contribution is 0.129. The molecule has 0 N–H and O–H groups in total. The lowest BCUT2D eigenvalue weighted by atomic mass is 9.67. The normalized spacial score (nSPS) is 21.6. The van der Waals surface area contributed by atoms with Gasteiger partial charge < -0.3 is 0 Å². The van der Waals surface area contributed by atoms with E-state index in [1.165, 1.54) is 57.8 Å². The second-order valence-corrected chi connectivity index (χ2v) is 11.1. The average Bonchev–Trinajstić information content (AvgIpc) is 2.52. The van der Waals surface area contributed by atoms with Crippen LogP contribution in [0.25, 0.3) is 0 Å². The fraction of sp³-hybridized carbons (Fsp3) is 1.00. The molecule has 0 aliphatic heterocycles. The van der Waals surface area contributed by atoms with Crippen LogP contribution >= 0.6 is 0 Å². The van der Waals surface area contributed by atoms with E-state index in [0.717, 1.165) is 29.6 Å². The third kappa shape index (κ3) is 18.8. The van der Waals surface area contributed by atoms with Crippen molar-refractivity contribution in [1.82, 2.24) is 0 Å². The molecule has 1 saturated carbocycles. The molecule has 0 spiro atoms. The molecule has 0 bridgehead atoms. The molecule has 1 fully saturated rings. The summed E-state index contributed by atoms with van der Waals surface area (Å²) < 4.78 is 0. The van der Waals surface area contributed by atoms with Gasteiger partial charge in [0.25, 0.3) is 0 Å². The molecule has 0 heterocycles. The van der Waals surface area contributed by atoms with Crippen LogP contribution in [0.5, 0.6) is 0 Å². The van der Waals surface area contributed by atoms with E-state index < -0.39 is 0 Å². The highest BCUT2D eigenvalue weighted by Crippen LogP contribution is 2.42. The Labute approximate surface area is 169 Å². The minimum absolute atomic E-state index is 0.536. The molecule has 0 aromatic heterocycles. The molecular weight excluding hydrogens is 312 g/mol. The van der Waals surface area contributed by atoms with Crippen LogP contribution < -0.4 is 0 Å². The highest BCUT2D eigenvalue weighted by Gasteiger charge is 2.30. The van der Waals surface area contributed by atoms with E-state index in [2.05, 4.69) is 76.2 Å². The highest BCUT2D eigenvalue weighted by molar-refractivity contribution is 4.81. The molecular formula is C26H56. The minimum Gasteiger partial charge on any atom is -0.0654 e. The van der Waals surface area contributed by atoms with Gasteiger partial charge in [0.1, 0.15) is 0 Å². The van der Waals surface area contributed by atoms with Crippen LogP contribution in [-0.4, -0.2) is 0 Å². The zero-order valence-electron chi connectivity index (χ0n) is 20.8. The molecule has 160 valence electrons. The smallest absolute Gasteiger partial charge is 0.0354 e. The first-order valence-corrected chi connectivity index (χ1v) is 11.9. The summed E-state index contributed by atoms with van der Waals surface area (Å²) >= 11 is 0. The fourth-order valence-electron chi connectivity index (χ4n) is 3.64. The van der Waals surface area contributed by atoms with Crippen LogP contribution in [0.1, 0.15) is 134 Å². The van der Waals surface area contributed by atoms with E-state index in [-0.39, 0.29) is 0 Å². The summed E-state index contributed by atoms with van der Waals surface area (Å²) in [5.41, 5.74) is 0.536. The van der Waals surface area contributed by atoms with Crippen LogP contribution in [0.3, 0.4) is 0 Å².